The maximum absolute atomic E-state index is 13.0. The van der Waals surface area contributed by atoms with Crippen LogP contribution in [0.25, 0.3) is 0 Å². The van der Waals surface area contributed by atoms with Gasteiger partial charge in [0.05, 0.1) is 29.7 Å². The molecule has 2 atom stereocenters. The quantitative estimate of drug-likeness (QED) is 0.711. The van der Waals surface area contributed by atoms with Gasteiger partial charge in [0, 0.05) is 6.04 Å². The van der Waals surface area contributed by atoms with E-state index < -0.39 is 22.0 Å². The molecule has 0 saturated heterocycles. The first-order chi connectivity index (χ1) is 14.6. The Balaban J connectivity index is 1.85. The molecule has 0 aromatic heterocycles. The number of ether oxygens (including phenoxy) is 1. The number of hydrogen-bond donors (Lipinski definition) is 2. The highest BCUT2D eigenvalue weighted by atomic mass is 32.2. The number of benzene rings is 2. The summed E-state index contributed by atoms with van der Waals surface area (Å²) in [5, 5.41) is 5.60. The highest BCUT2D eigenvalue weighted by Gasteiger charge is 2.35. The fourth-order valence-corrected chi connectivity index (χ4v) is 4.13. The van der Waals surface area contributed by atoms with Gasteiger partial charge in [-0.15, -0.1) is 0 Å². The number of rotatable bonds is 6. The molecular formula is C22H27N3O5S. The smallest absolute Gasteiger partial charge is 0.267 e. The molecule has 0 spiro atoms. The van der Waals surface area contributed by atoms with Crippen molar-refractivity contribution in [3.05, 3.63) is 53.6 Å². The predicted octanol–water partition coefficient (Wildman–Crippen LogP) is 2.69. The number of nitrogens with zero attached hydrogens (tertiary/aromatic N) is 1. The standard InChI is InChI=1S/C22H27N3O5S/c1-5-15(3)23-21(26)16-8-6-7-9-17(16)24-22(27)20-13-25(31(4,28)29)18-12-14(2)10-11-19(18)30-20/h6-12,15,20H,5,13H2,1-4H3,(H,23,26)(H,24,27)/t15-,20-/m0/s1. The number of hydrogen-bond acceptors (Lipinski definition) is 5. The number of fused-ring (bicyclic) bond motifs is 1. The number of amides is 2. The zero-order valence-corrected chi connectivity index (χ0v) is 18.8. The predicted molar refractivity (Wildman–Crippen MR) is 120 cm³/mol. The Morgan fingerprint density at radius 2 is 1.94 bits per heavy atom. The highest BCUT2D eigenvalue weighted by Crippen LogP contribution is 2.36. The molecule has 0 aliphatic carbocycles. The lowest BCUT2D eigenvalue weighted by Gasteiger charge is -2.34. The summed E-state index contributed by atoms with van der Waals surface area (Å²) in [4.78, 5) is 25.6. The van der Waals surface area contributed by atoms with Crippen molar-refractivity contribution in [1.29, 1.82) is 0 Å². The Morgan fingerprint density at radius 3 is 2.61 bits per heavy atom. The summed E-state index contributed by atoms with van der Waals surface area (Å²) < 4.78 is 31.7. The maximum atomic E-state index is 13.0. The summed E-state index contributed by atoms with van der Waals surface area (Å²) in [7, 11) is -3.62. The SMILES string of the molecule is CC[C@H](C)NC(=O)c1ccccc1NC(=O)[C@@H]1CN(S(C)(=O)=O)c2cc(C)ccc2O1. The lowest BCUT2D eigenvalue weighted by molar-refractivity contribution is -0.122. The van der Waals surface area contributed by atoms with Crippen LogP contribution >= 0.6 is 0 Å². The third kappa shape index (κ3) is 5.16. The number of anilines is 2. The van der Waals surface area contributed by atoms with Gasteiger partial charge in [0.15, 0.2) is 6.10 Å². The van der Waals surface area contributed by atoms with E-state index in [0.717, 1.165) is 18.2 Å². The summed E-state index contributed by atoms with van der Waals surface area (Å²) in [5.41, 5.74) is 1.93. The Morgan fingerprint density at radius 1 is 1.23 bits per heavy atom. The molecule has 8 nitrogen and oxygen atoms in total. The molecule has 0 unspecified atom stereocenters. The van der Waals surface area contributed by atoms with Crippen LogP contribution in [-0.2, 0) is 14.8 Å². The monoisotopic (exact) mass is 445 g/mol. The Labute approximate surface area is 182 Å². The van der Waals surface area contributed by atoms with Crippen molar-refractivity contribution < 1.29 is 22.7 Å². The van der Waals surface area contributed by atoms with Gasteiger partial charge in [0.1, 0.15) is 5.75 Å². The van der Waals surface area contributed by atoms with Crippen LogP contribution in [0.2, 0.25) is 0 Å². The van der Waals surface area contributed by atoms with E-state index in [1.165, 1.54) is 4.31 Å². The molecule has 1 heterocycles. The van der Waals surface area contributed by atoms with Crippen LogP contribution in [0.1, 0.15) is 36.2 Å². The maximum Gasteiger partial charge on any atom is 0.267 e. The Kier molecular flexibility index (Phi) is 6.54. The number of aryl methyl sites for hydroxylation is 1. The average Bonchev–Trinajstić information content (AvgIpc) is 2.72. The van der Waals surface area contributed by atoms with Gasteiger partial charge in [0.25, 0.3) is 11.8 Å². The second-order valence-electron chi connectivity index (χ2n) is 7.69. The van der Waals surface area contributed by atoms with Crippen LogP contribution in [-0.4, -0.2) is 45.2 Å². The lowest BCUT2D eigenvalue weighted by atomic mass is 10.1. The van der Waals surface area contributed by atoms with Crippen LogP contribution in [0, 0.1) is 6.92 Å². The minimum absolute atomic E-state index is 0.0128. The Bertz CT molecular complexity index is 1100. The molecule has 166 valence electrons. The summed E-state index contributed by atoms with van der Waals surface area (Å²) in [6.07, 6.45) is 0.792. The molecule has 2 aromatic carbocycles. The second kappa shape index (κ2) is 8.97. The fraction of sp³-hybridized carbons (Fsp3) is 0.364. The second-order valence-corrected chi connectivity index (χ2v) is 9.60. The normalized spacial score (nSPS) is 16.6. The van der Waals surface area contributed by atoms with Crippen molar-refractivity contribution in [2.24, 2.45) is 0 Å². The topological polar surface area (TPSA) is 105 Å². The molecule has 0 radical (unpaired) electrons. The van der Waals surface area contributed by atoms with Gasteiger partial charge < -0.3 is 15.4 Å². The summed E-state index contributed by atoms with van der Waals surface area (Å²) in [6.45, 7) is 5.54. The van der Waals surface area contributed by atoms with E-state index in [2.05, 4.69) is 10.6 Å². The first kappa shape index (κ1) is 22.6. The minimum atomic E-state index is -3.62. The van der Waals surface area contributed by atoms with Crippen molar-refractivity contribution in [2.75, 3.05) is 22.4 Å². The van der Waals surface area contributed by atoms with Crippen molar-refractivity contribution in [1.82, 2.24) is 5.32 Å². The molecular weight excluding hydrogens is 418 g/mol. The van der Waals surface area contributed by atoms with Gasteiger partial charge in [-0.25, -0.2) is 8.42 Å². The number of sulfonamides is 1. The molecule has 1 aliphatic rings. The molecule has 0 fully saturated rings. The van der Waals surface area contributed by atoms with E-state index in [4.69, 9.17) is 4.74 Å². The van der Waals surface area contributed by atoms with Gasteiger partial charge in [-0.2, -0.15) is 0 Å². The van der Waals surface area contributed by atoms with Crippen LogP contribution in [0.4, 0.5) is 11.4 Å². The van der Waals surface area contributed by atoms with E-state index in [-0.39, 0.29) is 18.5 Å². The minimum Gasteiger partial charge on any atom is -0.476 e. The van der Waals surface area contributed by atoms with Gasteiger partial charge in [-0.1, -0.05) is 25.1 Å². The summed E-state index contributed by atoms with van der Waals surface area (Å²) >= 11 is 0. The van der Waals surface area contributed by atoms with E-state index in [9.17, 15) is 18.0 Å². The van der Waals surface area contributed by atoms with Gasteiger partial charge in [0.2, 0.25) is 10.0 Å². The van der Waals surface area contributed by atoms with Crippen molar-refractivity contribution in [2.45, 2.75) is 39.3 Å². The number of carbonyl (C=O) groups excluding carboxylic acids is 2. The van der Waals surface area contributed by atoms with Crippen LogP contribution in [0.3, 0.4) is 0 Å². The molecule has 2 N–H and O–H groups in total. The molecule has 3 rings (SSSR count). The molecule has 31 heavy (non-hydrogen) atoms. The van der Waals surface area contributed by atoms with Gasteiger partial charge in [-0.05, 0) is 50.1 Å². The number of para-hydroxylation sites is 1. The molecule has 0 saturated carbocycles. The molecule has 2 aromatic rings. The van der Waals surface area contributed by atoms with E-state index in [1.807, 2.05) is 20.8 Å². The zero-order valence-electron chi connectivity index (χ0n) is 18.0. The molecule has 0 bridgehead atoms. The van der Waals surface area contributed by atoms with Crippen molar-refractivity contribution >= 4 is 33.2 Å². The average molecular weight is 446 g/mol. The lowest BCUT2D eigenvalue weighted by Crippen LogP contribution is -2.48. The first-order valence-corrected chi connectivity index (χ1v) is 11.9. The van der Waals surface area contributed by atoms with Crippen molar-refractivity contribution in [3.63, 3.8) is 0 Å². The fourth-order valence-electron chi connectivity index (χ4n) is 3.22. The van der Waals surface area contributed by atoms with E-state index in [1.54, 1.807) is 42.5 Å². The van der Waals surface area contributed by atoms with E-state index in [0.29, 0.717) is 22.7 Å². The van der Waals surface area contributed by atoms with Crippen LogP contribution in [0.5, 0.6) is 5.75 Å². The molecule has 2 amide bonds. The number of nitrogens with one attached hydrogen (secondary N) is 2. The van der Waals surface area contributed by atoms with Gasteiger partial charge in [-0.3, -0.25) is 13.9 Å². The molecule has 9 heteroatoms. The third-order valence-corrected chi connectivity index (χ3v) is 6.24. The summed E-state index contributed by atoms with van der Waals surface area (Å²) in [5.74, 6) is -0.526. The third-order valence-electron chi connectivity index (χ3n) is 5.10. The number of carbonyl (C=O) groups is 2. The molecule has 1 aliphatic heterocycles. The van der Waals surface area contributed by atoms with Crippen LogP contribution in [0.15, 0.2) is 42.5 Å². The van der Waals surface area contributed by atoms with Crippen molar-refractivity contribution in [3.8, 4) is 5.75 Å². The Hall–Kier alpha value is -3.07. The van der Waals surface area contributed by atoms with Gasteiger partial charge >= 0.3 is 0 Å². The first-order valence-electron chi connectivity index (χ1n) is 10.1. The zero-order chi connectivity index (χ0) is 22.8. The van der Waals surface area contributed by atoms with E-state index >= 15 is 0 Å². The summed E-state index contributed by atoms with van der Waals surface area (Å²) in [6, 6.07) is 11.8. The highest BCUT2D eigenvalue weighted by molar-refractivity contribution is 7.92. The largest absolute Gasteiger partial charge is 0.476 e. The van der Waals surface area contributed by atoms with Crippen LogP contribution < -0.4 is 19.7 Å².